The van der Waals surface area contributed by atoms with E-state index in [2.05, 4.69) is 0 Å². The van der Waals surface area contributed by atoms with Crippen LogP contribution in [-0.2, 0) is 4.79 Å². The average Bonchev–Trinajstić information content (AvgIpc) is 2.29. The summed E-state index contributed by atoms with van der Waals surface area (Å²) < 4.78 is 0. The molecule has 17 heavy (non-hydrogen) atoms. The highest BCUT2D eigenvalue weighted by atomic mass is 16.4. The Morgan fingerprint density at radius 2 is 2.00 bits per heavy atom. The molecular weight excluding hydrogens is 220 g/mol. The maximum atomic E-state index is 10.7. The van der Waals surface area contributed by atoms with Crippen LogP contribution < -0.4 is 11.5 Å². The minimum absolute atomic E-state index is 0.0225. The van der Waals surface area contributed by atoms with Crippen LogP contribution in [0.25, 0.3) is 0 Å². The summed E-state index contributed by atoms with van der Waals surface area (Å²) >= 11 is 0. The number of aliphatic hydroxyl groups excluding tert-OH is 1. The summed E-state index contributed by atoms with van der Waals surface area (Å²) in [6.45, 7) is -0.0225. The normalized spacial score (nSPS) is 14.2. The van der Waals surface area contributed by atoms with Gasteiger partial charge in [0.1, 0.15) is 6.04 Å². The summed E-state index contributed by atoms with van der Waals surface area (Å²) in [5, 5.41) is 17.8. The summed E-state index contributed by atoms with van der Waals surface area (Å²) in [6.07, 6.45) is 0.722. The van der Waals surface area contributed by atoms with E-state index in [4.69, 9.17) is 21.7 Å². The van der Waals surface area contributed by atoms with E-state index in [1.54, 1.807) is 6.07 Å². The van der Waals surface area contributed by atoms with Gasteiger partial charge in [-0.2, -0.15) is 0 Å². The van der Waals surface area contributed by atoms with Crippen LogP contribution in [0.2, 0.25) is 0 Å². The maximum Gasteiger partial charge on any atom is 0.320 e. The molecular formula is C12H18N2O3. The van der Waals surface area contributed by atoms with E-state index in [1.807, 2.05) is 18.2 Å². The lowest BCUT2D eigenvalue weighted by molar-refractivity contribution is -0.138. The van der Waals surface area contributed by atoms with Gasteiger partial charge in [-0.1, -0.05) is 18.2 Å². The monoisotopic (exact) mass is 238 g/mol. The lowest BCUT2D eigenvalue weighted by Crippen LogP contribution is -2.32. The molecule has 0 fully saturated rings. The first-order valence-corrected chi connectivity index (χ1v) is 5.50. The highest BCUT2D eigenvalue weighted by Crippen LogP contribution is 2.28. The van der Waals surface area contributed by atoms with E-state index in [1.165, 1.54) is 0 Å². The number of carboxylic acid groups (broad SMARTS) is 1. The quantitative estimate of drug-likeness (QED) is 0.541. The molecule has 1 aromatic carbocycles. The van der Waals surface area contributed by atoms with Crippen LogP contribution in [0.15, 0.2) is 24.3 Å². The molecule has 0 amide bonds. The summed E-state index contributed by atoms with van der Waals surface area (Å²) in [5.41, 5.74) is 12.8. The molecule has 0 aliphatic rings. The van der Waals surface area contributed by atoms with Crippen molar-refractivity contribution < 1.29 is 15.0 Å². The Labute approximate surface area is 100 Å². The standard InChI is InChI=1S/C12H18N2O3/c13-10-4-2-1-3-9(10)8(5-6-15)7-11(14)12(16)17/h1-4,8,11,15H,5-7,13-14H2,(H,16,17)/t8-,11-/m0/s1. The third kappa shape index (κ3) is 3.72. The van der Waals surface area contributed by atoms with Crippen molar-refractivity contribution in [3.63, 3.8) is 0 Å². The lowest BCUT2D eigenvalue weighted by atomic mass is 9.89. The molecule has 0 saturated carbocycles. The Bertz CT molecular complexity index is 382. The van der Waals surface area contributed by atoms with Gasteiger partial charge in [0.05, 0.1) is 0 Å². The van der Waals surface area contributed by atoms with E-state index in [0.717, 1.165) is 5.56 Å². The van der Waals surface area contributed by atoms with E-state index in [0.29, 0.717) is 12.1 Å². The maximum absolute atomic E-state index is 10.7. The van der Waals surface area contributed by atoms with E-state index in [9.17, 15) is 4.79 Å². The van der Waals surface area contributed by atoms with E-state index < -0.39 is 12.0 Å². The molecule has 0 aliphatic carbocycles. The van der Waals surface area contributed by atoms with Crippen molar-refractivity contribution in [2.75, 3.05) is 12.3 Å². The van der Waals surface area contributed by atoms with Gasteiger partial charge in [-0.25, -0.2) is 0 Å². The minimum Gasteiger partial charge on any atom is -0.480 e. The minimum atomic E-state index is -1.04. The third-order valence-corrected chi connectivity index (χ3v) is 2.77. The van der Waals surface area contributed by atoms with Crippen molar-refractivity contribution in [1.82, 2.24) is 0 Å². The smallest absolute Gasteiger partial charge is 0.320 e. The summed E-state index contributed by atoms with van der Waals surface area (Å²) in [6, 6.07) is 6.30. The predicted molar refractivity (Wildman–Crippen MR) is 65.5 cm³/mol. The molecule has 1 aromatic rings. The second-order valence-electron chi connectivity index (χ2n) is 4.02. The number of anilines is 1. The van der Waals surface area contributed by atoms with Crippen LogP contribution >= 0.6 is 0 Å². The molecule has 6 N–H and O–H groups in total. The molecule has 0 saturated heterocycles. The highest BCUT2D eigenvalue weighted by molar-refractivity contribution is 5.73. The number of aliphatic hydroxyl groups is 1. The first kappa shape index (κ1) is 13.5. The lowest BCUT2D eigenvalue weighted by Gasteiger charge is -2.20. The number of hydrogen-bond acceptors (Lipinski definition) is 4. The third-order valence-electron chi connectivity index (χ3n) is 2.77. The van der Waals surface area contributed by atoms with Crippen LogP contribution in [0.4, 0.5) is 5.69 Å². The molecule has 5 heteroatoms. The number of benzene rings is 1. The van der Waals surface area contributed by atoms with Crippen molar-refractivity contribution >= 4 is 11.7 Å². The first-order valence-electron chi connectivity index (χ1n) is 5.50. The first-order chi connectivity index (χ1) is 8.06. The molecule has 0 radical (unpaired) electrons. The zero-order chi connectivity index (χ0) is 12.8. The van der Waals surface area contributed by atoms with E-state index >= 15 is 0 Å². The second kappa shape index (κ2) is 6.22. The Balaban J connectivity index is 2.86. The summed E-state index contributed by atoms with van der Waals surface area (Å²) in [4.78, 5) is 10.7. The Morgan fingerprint density at radius 1 is 1.35 bits per heavy atom. The SMILES string of the molecule is Nc1ccccc1[C@@H](CCO)C[C@H](N)C(=O)O. The number of carbonyl (C=O) groups is 1. The molecule has 5 nitrogen and oxygen atoms in total. The fraction of sp³-hybridized carbons (Fsp3) is 0.417. The molecule has 94 valence electrons. The fourth-order valence-electron chi connectivity index (χ4n) is 1.85. The van der Waals surface area contributed by atoms with Gasteiger partial charge in [-0.05, 0) is 30.4 Å². The zero-order valence-electron chi connectivity index (χ0n) is 9.54. The van der Waals surface area contributed by atoms with Gasteiger partial charge in [-0.3, -0.25) is 4.79 Å². The number of aliphatic carboxylic acids is 1. The van der Waals surface area contributed by atoms with Crippen molar-refractivity contribution in [1.29, 1.82) is 0 Å². The summed E-state index contributed by atoms with van der Waals surface area (Å²) in [5.74, 6) is -1.17. The van der Waals surface area contributed by atoms with Gasteiger partial charge in [0.2, 0.25) is 0 Å². The van der Waals surface area contributed by atoms with Crippen molar-refractivity contribution in [3.8, 4) is 0 Å². The summed E-state index contributed by atoms with van der Waals surface area (Å²) in [7, 11) is 0. The Kier molecular flexibility index (Phi) is 4.93. The topological polar surface area (TPSA) is 110 Å². The zero-order valence-corrected chi connectivity index (χ0v) is 9.54. The molecule has 2 atom stereocenters. The van der Waals surface area contributed by atoms with Crippen LogP contribution in [0.1, 0.15) is 24.3 Å². The van der Waals surface area contributed by atoms with Crippen LogP contribution in [0.3, 0.4) is 0 Å². The predicted octanol–water partition coefficient (Wildman–Crippen LogP) is 0.537. The van der Waals surface area contributed by atoms with Crippen molar-refractivity contribution in [2.24, 2.45) is 5.73 Å². The molecule has 0 aliphatic heterocycles. The van der Waals surface area contributed by atoms with Crippen LogP contribution in [-0.4, -0.2) is 28.8 Å². The Morgan fingerprint density at radius 3 is 2.53 bits per heavy atom. The second-order valence-corrected chi connectivity index (χ2v) is 4.02. The van der Waals surface area contributed by atoms with Gasteiger partial charge in [0.25, 0.3) is 0 Å². The van der Waals surface area contributed by atoms with Crippen molar-refractivity contribution in [2.45, 2.75) is 24.8 Å². The average molecular weight is 238 g/mol. The van der Waals surface area contributed by atoms with Crippen LogP contribution in [0, 0.1) is 0 Å². The van der Waals surface area contributed by atoms with Gasteiger partial charge in [-0.15, -0.1) is 0 Å². The van der Waals surface area contributed by atoms with Gasteiger partial charge in [0.15, 0.2) is 0 Å². The fourth-order valence-corrected chi connectivity index (χ4v) is 1.85. The largest absolute Gasteiger partial charge is 0.480 e. The van der Waals surface area contributed by atoms with Gasteiger partial charge < -0.3 is 21.7 Å². The molecule has 0 bridgehead atoms. The number of carboxylic acids is 1. The number of hydrogen-bond donors (Lipinski definition) is 4. The number of rotatable bonds is 6. The number of para-hydroxylation sites is 1. The molecule has 1 rings (SSSR count). The molecule has 0 heterocycles. The molecule has 0 aromatic heterocycles. The molecule has 0 unspecified atom stereocenters. The Hall–Kier alpha value is -1.59. The van der Waals surface area contributed by atoms with E-state index in [-0.39, 0.29) is 18.9 Å². The van der Waals surface area contributed by atoms with Crippen molar-refractivity contribution in [3.05, 3.63) is 29.8 Å². The van der Waals surface area contributed by atoms with Gasteiger partial charge >= 0.3 is 5.97 Å². The molecule has 0 spiro atoms. The van der Waals surface area contributed by atoms with Crippen LogP contribution in [0.5, 0.6) is 0 Å². The number of nitrogens with two attached hydrogens (primary N) is 2. The number of nitrogen functional groups attached to an aromatic ring is 1. The van der Waals surface area contributed by atoms with Gasteiger partial charge in [0, 0.05) is 12.3 Å². The highest BCUT2D eigenvalue weighted by Gasteiger charge is 2.21.